The summed E-state index contributed by atoms with van der Waals surface area (Å²) in [4.78, 5) is 16.0. The first-order chi connectivity index (χ1) is 7.70. The van der Waals surface area contributed by atoms with Crippen molar-refractivity contribution in [2.75, 3.05) is 22.6 Å². The zero-order valence-electron chi connectivity index (χ0n) is 8.79. The molecule has 2 heterocycles. The molecule has 1 aliphatic heterocycles. The van der Waals surface area contributed by atoms with Gasteiger partial charge in [0.1, 0.15) is 6.04 Å². The van der Waals surface area contributed by atoms with Gasteiger partial charge in [-0.15, -0.1) is 0 Å². The second-order valence-corrected chi connectivity index (χ2v) is 5.42. The summed E-state index contributed by atoms with van der Waals surface area (Å²) >= 11 is 5.06. The molecule has 1 aromatic heterocycles. The van der Waals surface area contributed by atoms with Crippen molar-refractivity contribution in [2.24, 2.45) is 0 Å². The molecular formula is C10H12BrN3OS. The summed E-state index contributed by atoms with van der Waals surface area (Å²) in [5, 5.41) is 6.01. The van der Waals surface area contributed by atoms with E-state index in [0.29, 0.717) is 0 Å². The Morgan fingerprint density at radius 1 is 1.62 bits per heavy atom. The zero-order valence-corrected chi connectivity index (χ0v) is 11.2. The number of carbonyl (C=O) groups excluding carboxylic acids is 1. The van der Waals surface area contributed by atoms with Crippen LogP contribution in [0.15, 0.2) is 16.7 Å². The predicted molar refractivity (Wildman–Crippen MR) is 71.0 cm³/mol. The lowest BCUT2D eigenvalue weighted by Gasteiger charge is -2.25. The second-order valence-electron chi connectivity index (χ2n) is 3.52. The maximum absolute atomic E-state index is 11.7. The molecule has 16 heavy (non-hydrogen) atoms. The van der Waals surface area contributed by atoms with Gasteiger partial charge in [0, 0.05) is 10.7 Å². The van der Waals surface area contributed by atoms with Crippen LogP contribution in [-0.2, 0) is 4.79 Å². The molecule has 0 aliphatic carbocycles. The Hall–Kier alpha value is -0.750. The molecule has 1 unspecified atom stereocenters. The summed E-state index contributed by atoms with van der Waals surface area (Å²) in [5.41, 5.74) is 0.736. The number of amides is 1. The Morgan fingerprint density at radius 2 is 2.44 bits per heavy atom. The van der Waals surface area contributed by atoms with Crippen LogP contribution in [0.5, 0.6) is 0 Å². The summed E-state index contributed by atoms with van der Waals surface area (Å²) in [7, 11) is 0. The molecule has 0 spiro atoms. The van der Waals surface area contributed by atoms with E-state index in [2.05, 4.69) is 31.5 Å². The molecule has 1 aromatic rings. The number of pyridine rings is 1. The van der Waals surface area contributed by atoms with Gasteiger partial charge in [0.25, 0.3) is 0 Å². The van der Waals surface area contributed by atoms with Gasteiger partial charge in [0.15, 0.2) is 5.82 Å². The number of hydrogen-bond donors (Lipinski definition) is 2. The smallest absolute Gasteiger partial charge is 0.247 e. The van der Waals surface area contributed by atoms with E-state index in [1.807, 2.05) is 12.3 Å². The van der Waals surface area contributed by atoms with Crippen molar-refractivity contribution >= 4 is 45.1 Å². The number of hydrogen-bond acceptors (Lipinski definition) is 4. The minimum atomic E-state index is -0.173. The van der Waals surface area contributed by atoms with E-state index in [-0.39, 0.29) is 11.9 Å². The number of nitrogens with zero attached hydrogens (tertiary/aromatic N) is 1. The largest absolute Gasteiger partial charge is 0.357 e. The number of carbonyl (C=O) groups is 1. The fourth-order valence-electron chi connectivity index (χ4n) is 1.54. The number of thioether (sulfide) groups is 1. The summed E-state index contributed by atoms with van der Waals surface area (Å²) in [6.45, 7) is 0. The second kappa shape index (κ2) is 5.05. The van der Waals surface area contributed by atoms with Crippen LogP contribution < -0.4 is 10.6 Å². The normalized spacial score (nSPS) is 18.6. The van der Waals surface area contributed by atoms with Crippen molar-refractivity contribution in [3.05, 3.63) is 16.7 Å². The molecule has 0 fully saturated rings. The minimum Gasteiger partial charge on any atom is -0.357 e. The number of aromatic nitrogens is 1. The van der Waals surface area contributed by atoms with Crippen LogP contribution in [0.2, 0.25) is 0 Å². The van der Waals surface area contributed by atoms with Crippen LogP contribution in [0.25, 0.3) is 0 Å². The number of halogens is 1. The molecule has 2 N–H and O–H groups in total. The van der Waals surface area contributed by atoms with Crippen molar-refractivity contribution in [1.82, 2.24) is 4.98 Å². The highest BCUT2D eigenvalue weighted by Gasteiger charge is 2.25. The van der Waals surface area contributed by atoms with E-state index in [9.17, 15) is 4.79 Å². The van der Waals surface area contributed by atoms with Gasteiger partial charge >= 0.3 is 0 Å². The summed E-state index contributed by atoms with van der Waals surface area (Å²) in [6, 6.07) is 1.67. The monoisotopic (exact) mass is 301 g/mol. The lowest BCUT2D eigenvalue weighted by molar-refractivity contribution is -0.117. The molecular weight excluding hydrogens is 290 g/mol. The van der Waals surface area contributed by atoms with Crippen molar-refractivity contribution < 1.29 is 4.79 Å². The summed E-state index contributed by atoms with van der Waals surface area (Å²) < 4.78 is 0.857. The van der Waals surface area contributed by atoms with Crippen LogP contribution in [0.4, 0.5) is 11.5 Å². The van der Waals surface area contributed by atoms with Gasteiger partial charge in [-0.05, 0) is 40.4 Å². The van der Waals surface area contributed by atoms with Crippen molar-refractivity contribution in [2.45, 2.75) is 12.5 Å². The van der Waals surface area contributed by atoms with E-state index in [4.69, 9.17) is 0 Å². The van der Waals surface area contributed by atoms with E-state index >= 15 is 0 Å². The molecule has 0 bridgehead atoms. The highest BCUT2D eigenvalue weighted by Crippen LogP contribution is 2.27. The minimum absolute atomic E-state index is 0.0152. The van der Waals surface area contributed by atoms with Crippen LogP contribution in [0, 0.1) is 0 Å². The Kier molecular flexibility index (Phi) is 3.70. The van der Waals surface area contributed by atoms with Crippen LogP contribution in [0.1, 0.15) is 6.42 Å². The molecule has 0 saturated carbocycles. The third kappa shape index (κ3) is 2.49. The first-order valence-corrected chi connectivity index (χ1v) is 7.11. The van der Waals surface area contributed by atoms with Crippen molar-refractivity contribution in [3.63, 3.8) is 0 Å². The molecule has 86 valence electrons. The lowest BCUT2D eigenvalue weighted by Crippen LogP contribution is -2.39. The van der Waals surface area contributed by atoms with E-state index in [1.165, 1.54) is 0 Å². The lowest BCUT2D eigenvalue weighted by atomic mass is 10.1. The van der Waals surface area contributed by atoms with Crippen LogP contribution >= 0.6 is 27.7 Å². The molecule has 0 radical (unpaired) electrons. The topological polar surface area (TPSA) is 54.0 Å². The number of fused-ring (bicyclic) bond motifs is 1. The molecule has 2 rings (SSSR count). The number of nitrogens with one attached hydrogen (secondary N) is 2. The van der Waals surface area contributed by atoms with Crippen molar-refractivity contribution in [1.29, 1.82) is 0 Å². The molecule has 0 saturated heterocycles. The third-order valence-electron chi connectivity index (χ3n) is 2.35. The van der Waals surface area contributed by atoms with Gasteiger partial charge in [0.2, 0.25) is 5.91 Å². The van der Waals surface area contributed by atoms with Crippen LogP contribution in [-0.4, -0.2) is 28.9 Å². The number of rotatable bonds is 3. The molecule has 0 aromatic carbocycles. The zero-order chi connectivity index (χ0) is 11.5. The fourth-order valence-corrected chi connectivity index (χ4v) is 2.34. The Labute approximate surface area is 107 Å². The predicted octanol–water partition coefficient (Wildman–Crippen LogP) is 2.33. The molecule has 1 amide bonds. The van der Waals surface area contributed by atoms with Crippen molar-refractivity contribution in [3.8, 4) is 0 Å². The standard InChI is InChI=1S/C10H12BrN3OS/c1-16-3-2-7-10(15)14-8-4-6(11)5-12-9(8)13-7/h4-5,7H,2-3H2,1H3,(H,12,13)(H,14,15). The Balaban J connectivity index is 2.15. The maximum Gasteiger partial charge on any atom is 0.247 e. The van der Waals surface area contributed by atoms with Crippen LogP contribution in [0.3, 0.4) is 0 Å². The van der Waals surface area contributed by atoms with E-state index < -0.39 is 0 Å². The first-order valence-electron chi connectivity index (χ1n) is 4.92. The average Bonchev–Trinajstić information content (AvgIpc) is 2.26. The third-order valence-corrected chi connectivity index (χ3v) is 3.43. The average molecular weight is 302 g/mol. The van der Waals surface area contributed by atoms with Gasteiger partial charge in [-0.1, -0.05) is 0 Å². The summed E-state index contributed by atoms with van der Waals surface area (Å²) in [5.74, 6) is 1.71. The Bertz CT molecular complexity index is 413. The SMILES string of the molecule is CSCCC1Nc2ncc(Br)cc2NC1=O. The molecule has 1 aliphatic rings. The molecule has 4 nitrogen and oxygen atoms in total. The van der Waals surface area contributed by atoms with Gasteiger partial charge in [0.05, 0.1) is 5.69 Å². The van der Waals surface area contributed by atoms with E-state index in [1.54, 1.807) is 18.0 Å². The van der Waals surface area contributed by atoms with Gasteiger partial charge in [-0.2, -0.15) is 11.8 Å². The molecule has 6 heteroatoms. The van der Waals surface area contributed by atoms with Gasteiger partial charge in [-0.25, -0.2) is 4.98 Å². The highest BCUT2D eigenvalue weighted by molar-refractivity contribution is 9.10. The maximum atomic E-state index is 11.7. The quantitative estimate of drug-likeness (QED) is 0.900. The van der Waals surface area contributed by atoms with Gasteiger partial charge in [-0.3, -0.25) is 4.79 Å². The fraction of sp³-hybridized carbons (Fsp3) is 0.400. The Morgan fingerprint density at radius 3 is 3.19 bits per heavy atom. The summed E-state index contributed by atoms with van der Waals surface area (Å²) in [6.07, 6.45) is 4.56. The van der Waals surface area contributed by atoms with Gasteiger partial charge < -0.3 is 10.6 Å². The highest BCUT2D eigenvalue weighted by atomic mass is 79.9. The molecule has 1 atom stereocenters. The first kappa shape index (κ1) is 11.7. The number of anilines is 2. The van der Waals surface area contributed by atoms with E-state index in [0.717, 1.165) is 28.2 Å².